The van der Waals surface area contributed by atoms with Crippen LogP contribution in [0.15, 0.2) is 48.5 Å². The van der Waals surface area contributed by atoms with Crippen molar-refractivity contribution in [2.75, 3.05) is 6.61 Å². The van der Waals surface area contributed by atoms with Crippen molar-refractivity contribution >= 4 is 0 Å². The summed E-state index contributed by atoms with van der Waals surface area (Å²) in [5.41, 5.74) is 4.13. The Bertz CT molecular complexity index is 625. The van der Waals surface area contributed by atoms with E-state index in [9.17, 15) is 0 Å². The number of unbranched alkanes of at least 4 members (excludes halogenated alkanes) is 2. The van der Waals surface area contributed by atoms with Gasteiger partial charge in [0.15, 0.2) is 0 Å². The Morgan fingerprint density at radius 2 is 1.60 bits per heavy atom. The van der Waals surface area contributed by atoms with E-state index in [-0.39, 0.29) is 5.41 Å². The van der Waals surface area contributed by atoms with Crippen molar-refractivity contribution in [2.24, 2.45) is 0 Å². The highest BCUT2D eigenvalue weighted by molar-refractivity contribution is 5.33. The zero-order chi connectivity index (χ0) is 18.1. The average molecular weight is 340 g/mol. The number of para-hydroxylation sites is 1. The zero-order valence-corrected chi connectivity index (χ0v) is 16.3. The maximum absolute atomic E-state index is 5.96. The zero-order valence-electron chi connectivity index (χ0n) is 16.3. The van der Waals surface area contributed by atoms with E-state index in [1.54, 1.807) is 0 Å². The van der Waals surface area contributed by atoms with E-state index in [1.807, 2.05) is 6.07 Å². The van der Waals surface area contributed by atoms with Gasteiger partial charge in [-0.05, 0) is 29.0 Å². The Labute approximate surface area is 153 Å². The summed E-state index contributed by atoms with van der Waals surface area (Å²) in [4.78, 5) is 0. The molecule has 136 valence electrons. The van der Waals surface area contributed by atoms with Gasteiger partial charge < -0.3 is 10.1 Å². The molecule has 2 rings (SSSR count). The molecule has 0 radical (unpaired) electrons. The molecule has 0 amide bonds. The number of ether oxygens (including phenoxy) is 1. The molecular formula is C23H33NO. The minimum Gasteiger partial charge on any atom is -0.493 e. The van der Waals surface area contributed by atoms with E-state index in [4.69, 9.17) is 4.74 Å². The topological polar surface area (TPSA) is 21.3 Å². The van der Waals surface area contributed by atoms with Crippen molar-refractivity contribution < 1.29 is 4.74 Å². The van der Waals surface area contributed by atoms with Crippen LogP contribution in [0, 0.1) is 0 Å². The fourth-order valence-corrected chi connectivity index (χ4v) is 2.79. The predicted octanol–water partition coefficient (Wildman–Crippen LogP) is 5.84. The third kappa shape index (κ3) is 6.55. The smallest absolute Gasteiger partial charge is 0.123 e. The van der Waals surface area contributed by atoms with Gasteiger partial charge in [0.1, 0.15) is 5.75 Å². The second-order valence-electron chi connectivity index (χ2n) is 7.71. The number of benzene rings is 2. The van der Waals surface area contributed by atoms with E-state index < -0.39 is 0 Å². The maximum Gasteiger partial charge on any atom is 0.123 e. The van der Waals surface area contributed by atoms with E-state index in [1.165, 1.54) is 29.5 Å². The monoisotopic (exact) mass is 339 g/mol. The highest BCUT2D eigenvalue weighted by Gasteiger charge is 2.12. The third-order valence-electron chi connectivity index (χ3n) is 4.44. The molecule has 0 bridgehead atoms. The van der Waals surface area contributed by atoms with Crippen molar-refractivity contribution in [3.05, 3.63) is 65.2 Å². The van der Waals surface area contributed by atoms with E-state index >= 15 is 0 Å². The summed E-state index contributed by atoms with van der Waals surface area (Å²) in [6.07, 6.45) is 3.57. The summed E-state index contributed by atoms with van der Waals surface area (Å²) in [5.74, 6) is 1.01. The van der Waals surface area contributed by atoms with Gasteiger partial charge >= 0.3 is 0 Å². The third-order valence-corrected chi connectivity index (χ3v) is 4.44. The molecule has 1 N–H and O–H groups in total. The SMILES string of the molecule is CCCCCOc1ccccc1CNCc1ccc(C(C)(C)C)cc1. The first kappa shape index (κ1) is 19.5. The average Bonchev–Trinajstić information content (AvgIpc) is 2.59. The molecular weight excluding hydrogens is 306 g/mol. The van der Waals surface area contributed by atoms with E-state index in [0.717, 1.165) is 31.9 Å². The lowest BCUT2D eigenvalue weighted by molar-refractivity contribution is 0.302. The Balaban J connectivity index is 1.85. The summed E-state index contributed by atoms with van der Waals surface area (Å²) in [6, 6.07) is 17.3. The summed E-state index contributed by atoms with van der Waals surface area (Å²) in [6.45, 7) is 11.5. The molecule has 2 aromatic rings. The fraction of sp³-hybridized carbons (Fsp3) is 0.478. The molecule has 0 fully saturated rings. The lowest BCUT2D eigenvalue weighted by atomic mass is 9.87. The van der Waals surface area contributed by atoms with Gasteiger partial charge in [-0.1, -0.05) is 83.0 Å². The Morgan fingerprint density at radius 1 is 0.880 bits per heavy atom. The van der Waals surface area contributed by atoms with E-state index in [2.05, 4.69) is 75.5 Å². The summed E-state index contributed by atoms with van der Waals surface area (Å²) < 4.78 is 5.96. The lowest BCUT2D eigenvalue weighted by Crippen LogP contribution is -2.15. The first-order chi connectivity index (χ1) is 12.0. The lowest BCUT2D eigenvalue weighted by Gasteiger charge is -2.19. The molecule has 0 atom stereocenters. The first-order valence-corrected chi connectivity index (χ1v) is 9.51. The number of nitrogens with one attached hydrogen (secondary N) is 1. The standard InChI is InChI=1S/C23H33NO/c1-5-6-9-16-25-22-11-8-7-10-20(22)18-24-17-19-12-14-21(15-13-19)23(2,3)4/h7-8,10-15,24H,5-6,9,16-18H2,1-4H3. The molecule has 0 saturated heterocycles. The van der Waals surface area contributed by atoms with Crippen LogP contribution in [-0.2, 0) is 18.5 Å². The second kappa shape index (κ2) is 9.62. The Hall–Kier alpha value is -1.80. The van der Waals surface area contributed by atoms with Crippen LogP contribution in [-0.4, -0.2) is 6.61 Å². The molecule has 0 aliphatic carbocycles. The minimum atomic E-state index is 0.208. The van der Waals surface area contributed by atoms with Crippen molar-refractivity contribution in [1.82, 2.24) is 5.32 Å². The summed E-state index contributed by atoms with van der Waals surface area (Å²) in [7, 11) is 0. The maximum atomic E-state index is 5.96. The van der Waals surface area contributed by atoms with Crippen molar-refractivity contribution in [3.63, 3.8) is 0 Å². The Morgan fingerprint density at radius 3 is 2.28 bits per heavy atom. The normalized spacial score (nSPS) is 11.5. The highest BCUT2D eigenvalue weighted by Crippen LogP contribution is 2.22. The van der Waals surface area contributed by atoms with Crippen molar-refractivity contribution in [2.45, 2.75) is 65.5 Å². The first-order valence-electron chi connectivity index (χ1n) is 9.51. The van der Waals surface area contributed by atoms with Crippen molar-refractivity contribution in [3.8, 4) is 5.75 Å². The van der Waals surface area contributed by atoms with Gasteiger partial charge in [0, 0.05) is 18.7 Å². The molecule has 0 aliphatic heterocycles. The Kier molecular flexibility index (Phi) is 7.52. The number of rotatable bonds is 9. The number of hydrogen-bond donors (Lipinski definition) is 1. The van der Waals surface area contributed by atoms with Crippen LogP contribution in [0.4, 0.5) is 0 Å². The quantitative estimate of drug-likeness (QED) is 0.579. The van der Waals surface area contributed by atoms with Crippen LogP contribution in [0.25, 0.3) is 0 Å². The molecule has 2 heteroatoms. The molecule has 0 aliphatic rings. The van der Waals surface area contributed by atoms with Crippen LogP contribution in [0.2, 0.25) is 0 Å². The van der Waals surface area contributed by atoms with Gasteiger partial charge in [0.25, 0.3) is 0 Å². The molecule has 2 nitrogen and oxygen atoms in total. The fourth-order valence-electron chi connectivity index (χ4n) is 2.79. The molecule has 25 heavy (non-hydrogen) atoms. The molecule has 0 aromatic heterocycles. The van der Waals surface area contributed by atoms with Crippen LogP contribution < -0.4 is 10.1 Å². The highest BCUT2D eigenvalue weighted by atomic mass is 16.5. The van der Waals surface area contributed by atoms with Crippen LogP contribution >= 0.6 is 0 Å². The van der Waals surface area contributed by atoms with Crippen LogP contribution in [0.5, 0.6) is 5.75 Å². The predicted molar refractivity (Wildman–Crippen MR) is 107 cm³/mol. The largest absolute Gasteiger partial charge is 0.493 e. The minimum absolute atomic E-state index is 0.208. The summed E-state index contributed by atoms with van der Waals surface area (Å²) in [5, 5.41) is 3.54. The van der Waals surface area contributed by atoms with Gasteiger partial charge in [-0.15, -0.1) is 0 Å². The van der Waals surface area contributed by atoms with Gasteiger partial charge in [-0.25, -0.2) is 0 Å². The van der Waals surface area contributed by atoms with Crippen molar-refractivity contribution in [1.29, 1.82) is 0 Å². The van der Waals surface area contributed by atoms with Gasteiger partial charge in [-0.3, -0.25) is 0 Å². The molecule has 0 spiro atoms. The molecule has 0 saturated carbocycles. The molecule has 0 heterocycles. The molecule has 2 aromatic carbocycles. The second-order valence-corrected chi connectivity index (χ2v) is 7.71. The van der Waals surface area contributed by atoms with Crippen LogP contribution in [0.1, 0.15) is 63.6 Å². The summed E-state index contributed by atoms with van der Waals surface area (Å²) >= 11 is 0. The van der Waals surface area contributed by atoms with Crippen LogP contribution in [0.3, 0.4) is 0 Å². The van der Waals surface area contributed by atoms with Gasteiger partial charge in [0.05, 0.1) is 6.61 Å². The van der Waals surface area contributed by atoms with Gasteiger partial charge in [-0.2, -0.15) is 0 Å². The van der Waals surface area contributed by atoms with Gasteiger partial charge in [0.2, 0.25) is 0 Å². The van der Waals surface area contributed by atoms with E-state index in [0.29, 0.717) is 0 Å². The molecule has 0 unspecified atom stereocenters. The number of hydrogen-bond acceptors (Lipinski definition) is 2.